The van der Waals surface area contributed by atoms with E-state index in [1.807, 2.05) is 31.2 Å². The highest BCUT2D eigenvalue weighted by molar-refractivity contribution is 5.94. The van der Waals surface area contributed by atoms with Gasteiger partial charge in [-0.1, -0.05) is 19.1 Å². The maximum Gasteiger partial charge on any atom is 0.227 e. The summed E-state index contributed by atoms with van der Waals surface area (Å²) in [5.41, 5.74) is 1.78. The predicted molar refractivity (Wildman–Crippen MR) is 82.8 cm³/mol. The number of hydrogen-bond acceptors (Lipinski definition) is 3. The molecular weight excluding hydrogens is 266 g/mol. The van der Waals surface area contributed by atoms with Gasteiger partial charge in [-0.05, 0) is 37.1 Å². The van der Waals surface area contributed by atoms with Crippen molar-refractivity contribution in [1.29, 1.82) is 0 Å². The molecule has 1 aliphatic carbocycles. The largest absolute Gasteiger partial charge is 0.352 e. The molecule has 5 heteroatoms. The molecule has 0 saturated heterocycles. The van der Waals surface area contributed by atoms with Crippen LogP contribution in [0.4, 0.5) is 5.69 Å². The third-order valence-electron chi connectivity index (χ3n) is 3.41. The minimum Gasteiger partial charge on any atom is -0.352 e. The van der Waals surface area contributed by atoms with Gasteiger partial charge in [-0.15, -0.1) is 0 Å². The van der Waals surface area contributed by atoms with Crippen molar-refractivity contribution in [3.63, 3.8) is 0 Å². The summed E-state index contributed by atoms with van der Waals surface area (Å²) in [6.45, 7) is 4.06. The van der Waals surface area contributed by atoms with Gasteiger partial charge in [0.1, 0.15) is 0 Å². The van der Waals surface area contributed by atoms with Crippen molar-refractivity contribution in [1.82, 2.24) is 10.6 Å². The molecule has 1 aliphatic rings. The third kappa shape index (κ3) is 5.55. The van der Waals surface area contributed by atoms with Gasteiger partial charge in [-0.25, -0.2) is 0 Å². The molecule has 0 bridgehead atoms. The number of nitrogens with one attached hydrogen (secondary N) is 3. The summed E-state index contributed by atoms with van der Waals surface area (Å²) in [5, 5.41) is 8.91. The zero-order valence-electron chi connectivity index (χ0n) is 12.4. The van der Waals surface area contributed by atoms with E-state index in [2.05, 4.69) is 16.0 Å². The monoisotopic (exact) mass is 289 g/mol. The lowest BCUT2D eigenvalue weighted by atomic mass is 10.2. The Balaban J connectivity index is 1.77. The van der Waals surface area contributed by atoms with E-state index in [0.717, 1.165) is 30.6 Å². The maximum atomic E-state index is 11.7. The van der Waals surface area contributed by atoms with Crippen LogP contribution in [0, 0.1) is 5.92 Å². The van der Waals surface area contributed by atoms with Gasteiger partial charge in [0, 0.05) is 31.1 Å². The minimum absolute atomic E-state index is 0.0309. The smallest absolute Gasteiger partial charge is 0.227 e. The van der Waals surface area contributed by atoms with E-state index in [1.54, 1.807) is 0 Å². The zero-order valence-corrected chi connectivity index (χ0v) is 12.4. The average Bonchev–Trinajstić information content (AvgIpc) is 3.30. The van der Waals surface area contributed by atoms with Crippen LogP contribution in [0.15, 0.2) is 24.3 Å². The second-order valence-electron chi connectivity index (χ2n) is 5.34. The molecule has 1 aromatic rings. The normalized spacial score (nSPS) is 13.8. The fraction of sp³-hybridized carbons (Fsp3) is 0.500. The Morgan fingerprint density at radius 2 is 2.10 bits per heavy atom. The lowest BCUT2D eigenvalue weighted by Crippen LogP contribution is -2.27. The van der Waals surface area contributed by atoms with Crippen LogP contribution in [-0.2, 0) is 16.1 Å². The van der Waals surface area contributed by atoms with Crippen LogP contribution in [0.25, 0.3) is 0 Å². The second kappa shape index (κ2) is 7.78. The topological polar surface area (TPSA) is 70.2 Å². The minimum atomic E-state index is 0.0309. The van der Waals surface area contributed by atoms with E-state index in [0.29, 0.717) is 19.5 Å². The van der Waals surface area contributed by atoms with Crippen molar-refractivity contribution < 1.29 is 9.59 Å². The molecule has 2 amide bonds. The van der Waals surface area contributed by atoms with E-state index in [9.17, 15) is 9.59 Å². The number of benzene rings is 1. The SMILES string of the molecule is CCNCCC(=O)NCc1cccc(NC(=O)C2CC2)c1. The van der Waals surface area contributed by atoms with E-state index in [1.165, 1.54) is 0 Å². The first-order chi connectivity index (χ1) is 10.2. The first-order valence-corrected chi connectivity index (χ1v) is 7.56. The molecule has 0 aliphatic heterocycles. The number of anilines is 1. The molecule has 0 atom stereocenters. The zero-order chi connectivity index (χ0) is 15.1. The molecule has 21 heavy (non-hydrogen) atoms. The molecule has 0 radical (unpaired) electrons. The van der Waals surface area contributed by atoms with Crippen molar-refractivity contribution in [2.45, 2.75) is 32.7 Å². The molecule has 1 aromatic carbocycles. The number of carbonyl (C=O) groups is 2. The Morgan fingerprint density at radius 3 is 2.81 bits per heavy atom. The van der Waals surface area contributed by atoms with Crippen LogP contribution >= 0.6 is 0 Å². The molecule has 1 fully saturated rings. The summed E-state index contributed by atoms with van der Waals surface area (Å²) >= 11 is 0. The molecule has 3 N–H and O–H groups in total. The molecule has 1 saturated carbocycles. The van der Waals surface area contributed by atoms with Crippen LogP contribution in [-0.4, -0.2) is 24.9 Å². The fourth-order valence-electron chi connectivity index (χ4n) is 2.02. The number of hydrogen-bond donors (Lipinski definition) is 3. The highest BCUT2D eigenvalue weighted by atomic mass is 16.2. The lowest BCUT2D eigenvalue weighted by Gasteiger charge is -2.08. The highest BCUT2D eigenvalue weighted by Gasteiger charge is 2.29. The van der Waals surface area contributed by atoms with Crippen molar-refractivity contribution in [3.05, 3.63) is 29.8 Å². The lowest BCUT2D eigenvalue weighted by molar-refractivity contribution is -0.121. The van der Waals surface area contributed by atoms with Gasteiger partial charge in [0.05, 0.1) is 0 Å². The molecule has 0 aromatic heterocycles. The van der Waals surface area contributed by atoms with Crippen molar-refractivity contribution in [2.24, 2.45) is 5.92 Å². The molecule has 5 nitrogen and oxygen atoms in total. The molecule has 0 unspecified atom stereocenters. The maximum absolute atomic E-state index is 11.7. The van der Waals surface area contributed by atoms with Crippen molar-refractivity contribution in [2.75, 3.05) is 18.4 Å². The van der Waals surface area contributed by atoms with Crippen LogP contribution in [0.1, 0.15) is 31.7 Å². The molecule has 114 valence electrons. The van der Waals surface area contributed by atoms with E-state index >= 15 is 0 Å². The van der Waals surface area contributed by atoms with Gasteiger partial charge < -0.3 is 16.0 Å². The van der Waals surface area contributed by atoms with Gasteiger partial charge >= 0.3 is 0 Å². The summed E-state index contributed by atoms with van der Waals surface area (Å²) < 4.78 is 0. The summed E-state index contributed by atoms with van der Waals surface area (Å²) in [6, 6.07) is 7.61. The summed E-state index contributed by atoms with van der Waals surface area (Å²) in [6.07, 6.45) is 2.46. The molecule has 2 rings (SSSR count). The Kier molecular flexibility index (Phi) is 5.75. The number of rotatable bonds is 8. The molecular formula is C16H23N3O2. The Bertz CT molecular complexity index is 498. The van der Waals surface area contributed by atoms with Crippen LogP contribution in [0.2, 0.25) is 0 Å². The van der Waals surface area contributed by atoms with E-state index in [4.69, 9.17) is 0 Å². The first-order valence-electron chi connectivity index (χ1n) is 7.56. The van der Waals surface area contributed by atoms with Crippen LogP contribution in [0.5, 0.6) is 0 Å². The van der Waals surface area contributed by atoms with E-state index in [-0.39, 0.29) is 17.7 Å². The summed E-state index contributed by atoms with van der Waals surface area (Å²) in [4.78, 5) is 23.3. The second-order valence-corrected chi connectivity index (χ2v) is 5.34. The Morgan fingerprint density at radius 1 is 1.29 bits per heavy atom. The van der Waals surface area contributed by atoms with Crippen LogP contribution in [0.3, 0.4) is 0 Å². The quantitative estimate of drug-likeness (QED) is 0.637. The van der Waals surface area contributed by atoms with Gasteiger partial charge in [0.2, 0.25) is 11.8 Å². The van der Waals surface area contributed by atoms with Gasteiger partial charge in [0.15, 0.2) is 0 Å². The van der Waals surface area contributed by atoms with Crippen molar-refractivity contribution in [3.8, 4) is 0 Å². The van der Waals surface area contributed by atoms with Crippen LogP contribution < -0.4 is 16.0 Å². The Hall–Kier alpha value is -1.88. The molecule has 0 spiro atoms. The number of amides is 2. The highest BCUT2D eigenvalue weighted by Crippen LogP contribution is 2.30. The third-order valence-corrected chi connectivity index (χ3v) is 3.41. The van der Waals surface area contributed by atoms with Gasteiger partial charge in [-0.3, -0.25) is 9.59 Å². The predicted octanol–water partition coefficient (Wildman–Crippen LogP) is 1.65. The van der Waals surface area contributed by atoms with Crippen molar-refractivity contribution >= 4 is 17.5 Å². The first kappa shape index (κ1) is 15.5. The summed E-state index contributed by atoms with van der Waals surface area (Å²) in [7, 11) is 0. The van der Waals surface area contributed by atoms with Gasteiger partial charge in [-0.2, -0.15) is 0 Å². The molecule has 0 heterocycles. The summed E-state index contributed by atoms with van der Waals surface area (Å²) in [5.74, 6) is 0.324. The standard InChI is InChI=1S/C16H23N3O2/c1-2-17-9-8-15(20)18-11-12-4-3-5-14(10-12)19-16(21)13-6-7-13/h3-5,10,13,17H,2,6-9,11H2,1H3,(H,18,20)(H,19,21). The average molecular weight is 289 g/mol. The van der Waals surface area contributed by atoms with Gasteiger partial charge in [0.25, 0.3) is 0 Å². The Labute approximate surface area is 125 Å². The van der Waals surface area contributed by atoms with E-state index < -0.39 is 0 Å². The number of carbonyl (C=O) groups excluding carboxylic acids is 2. The fourth-order valence-corrected chi connectivity index (χ4v) is 2.02.